The molecule has 0 bridgehead atoms. The molecule has 1 fully saturated rings. The van der Waals surface area contributed by atoms with Crippen LogP contribution in [0.3, 0.4) is 0 Å². The summed E-state index contributed by atoms with van der Waals surface area (Å²) in [5.41, 5.74) is 3.76. The van der Waals surface area contributed by atoms with Crippen LogP contribution >= 0.6 is 0 Å². The van der Waals surface area contributed by atoms with Crippen molar-refractivity contribution < 1.29 is 14.6 Å². The third-order valence-electron chi connectivity index (χ3n) is 6.38. The quantitative estimate of drug-likeness (QED) is 0.776. The minimum atomic E-state index is -0.232. The van der Waals surface area contributed by atoms with E-state index in [1.165, 1.54) is 11.1 Å². The number of aliphatic hydroxyl groups excluding tert-OH is 1. The molecule has 0 saturated carbocycles. The summed E-state index contributed by atoms with van der Waals surface area (Å²) in [7, 11) is 1.70. The van der Waals surface area contributed by atoms with Crippen LogP contribution in [-0.4, -0.2) is 36.3 Å². The van der Waals surface area contributed by atoms with Gasteiger partial charge in [-0.3, -0.25) is 4.90 Å². The molecule has 29 heavy (non-hydrogen) atoms. The zero-order valence-electron chi connectivity index (χ0n) is 17.8. The summed E-state index contributed by atoms with van der Waals surface area (Å²) in [6.07, 6.45) is 2.68. The van der Waals surface area contributed by atoms with Crippen LogP contribution in [0.5, 0.6) is 11.5 Å². The number of hydrogen-bond acceptors (Lipinski definition) is 4. The van der Waals surface area contributed by atoms with E-state index in [4.69, 9.17) is 9.47 Å². The topological polar surface area (TPSA) is 41.9 Å². The molecule has 156 valence electrons. The molecular formula is C25H33NO3. The van der Waals surface area contributed by atoms with Gasteiger partial charge in [0.2, 0.25) is 0 Å². The minimum absolute atomic E-state index is 0.232. The zero-order valence-corrected chi connectivity index (χ0v) is 17.8. The van der Waals surface area contributed by atoms with E-state index in [-0.39, 0.29) is 12.1 Å². The van der Waals surface area contributed by atoms with E-state index in [1.54, 1.807) is 7.11 Å². The van der Waals surface area contributed by atoms with Crippen molar-refractivity contribution in [2.45, 2.75) is 51.9 Å². The Bertz CT molecular complexity index is 820. The zero-order chi connectivity index (χ0) is 20.4. The van der Waals surface area contributed by atoms with Crippen molar-refractivity contribution in [3.8, 4) is 11.5 Å². The number of aliphatic hydroxyl groups is 1. The Morgan fingerprint density at radius 1 is 1.14 bits per heavy atom. The third kappa shape index (κ3) is 4.44. The molecule has 2 heterocycles. The van der Waals surface area contributed by atoms with Gasteiger partial charge in [-0.2, -0.15) is 0 Å². The summed E-state index contributed by atoms with van der Waals surface area (Å²) in [6.45, 7) is 7.04. The van der Waals surface area contributed by atoms with E-state index < -0.39 is 0 Å². The van der Waals surface area contributed by atoms with Gasteiger partial charge in [0, 0.05) is 19.1 Å². The van der Waals surface area contributed by atoms with Crippen LogP contribution in [0.4, 0.5) is 0 Å². The lowest BCUT2D eigenvalue weighted by molar-refractivity contribution is -0.0191. The van der Waals surface area contributed by atoms with Crippen molar-refractivity contribution in [2.75, 3.05) is 20.2 Å². The van der Waals surface area contributed by atoms with E-state index >= 15 is 0 Å². The highest BCUT2D eigenvalue weighted by Crippen LogP contribution is 2.43. The molecular weight excluding hydrogens is 362 g/mol. The first-order chi connectivity index (χ1) is 14.0. The second kappa shape index (κ2) is 8.76. The largest absolute Gasteiger partial charge is 0.493 e. The first kappa shape index (κ1) is 20.2. The van der Waals surface area contributed by atoms with Crippen molar-refractivity contribution in [3.05, 3.63) is 59.2 Å². The fourth-order valence-electron chi connectivity index (χ4n) is 4.94. The highest BCUT2D eigenvalue weighted by Gasteiger charge is 2.38. The van der Waals surface area contributed by atoms with Gasteiger partial charge in [-0.05, 0) is 59.9 Å². The van der Waals surface area contributed by atoms with Crippen LogP contribution in [0.1, 0.15) is 49.4 Å². The molecule has 0 radical (unpaired) electrons. The van der Waals surface area contributed by atoms with Crippen molar-refractivity contribution in [1.82, 2.24) is 4.90 Å². The standard InChI is InChI=1S/C25H33NO3/c1-17(2)11-20-15-26-10-9-19-12-25(29-16-18-7-5-4-6-8-18)24(28-3)13-21(19)22(26)14-23(20)27/h4-8,12-13,17,20,22-23,27H,9-11,14-16H2,1-3H3/t20-,22-,23+/m1/s1. The Balaban J connectivity index is 1.54. The number of nitrogens with zero attached hydrogens (tertiary/aromatic N) is 1. The Hall–Kier alpha value is -2.04. The van der Waals surface area contributed by atoms with E-state index in [0.717, 1.165) is 49.4 Å². The summed E-state index contributed by atoms with van der Waals surface area (Å²) in [5, 5.41) is 10.8. The first-order valence-electron chi connectivity index (χ1n) is 10.8. The number of ether oxygens (including phenoxy) is 2. The number of fused-ring (bicyclic) bond motifs is 3. The normalized spacial score (nSPS) is 24.1. The second-order valence-electron chi connectivity index (χ2n) is 8.93. The Labute approximate surface area is 174 Å². The van der Waals surface area contributed by atoms with Gasteiger partial charge in [-0.15, -0.1) is 0 Å². The summed E-state index contributed by atoms with van der Waals surface area (Å²) >= 11 is 0. The smallest absolute Gasteiger partial charge is 0.161 e. The molecule has 2 aliphatic heterocycles. The molecule has 2 aromatic carbocycles. The molecule has 1 N–H and O–H groups in total. The predicted molar refractivity (Wildman–Crippen MR) is 115 cm³/mol. The predicted octanol–water partition coefficient (Wildman–Crippen LogP) is 4.60. The number of rotatable bonds is 6. The van der Waals surface area contributed by atoms with Crippen LogP contribution in [-0.2, 0) is 13.0 Å². The minimum Gasteiger partial charge on any atom is -0.493 e. The third-order valence-corrected chi connectivity index (χ3v) is 6.38. The molecule has 0 amide bonds. The molecule has 0 spiro atoms. The first-order valence-corrected chi connectivity index (χ1v) is 10.8. The highest BCUT2D eigenvalue weighted by molar-refractivity contribution is 5.49. The molecule has 4 nitrogen and oxygen atoms in total. The number of methoxy groups -OCH3 is 1. The van der Waals surface area contributed by atoms with Crippen LogP contribution in [0.25, 0.3) is 0 Å². The molecule has 0 unspecified atom stereocenters. The van der Waals surface area contributed by atoms with Gasteiger partial charge in [0.15, 0.2) is 11.5 Å². The van der Waals surface area contributed by atoms with Crippen molar-refractivity contribution >= 4 is 0 Å². The molecule has 0 aromatic heterocycles. The highest BCUT2D eigenvalue weighted by atomic mass is 16.5. The van der Waals surface area contributed by atoms with Crippen LogP contribution in [0.15, 0.2) is 42.5 Å². The Morgan fingerprint density at radius 3 is 2.66 bits per heavy atom. The van der Waals surface area contributed by atoms with Crippen LogP contribution in [0, 0.1) is 11.8 Å². The van der Waals surface area contributed by atoms with Crippen molar-refractivity contribution in [1.29, 1.82) is 0 Å². The molecule has 1 saturated heterocycles. The van der Waals surface area contributed by atoms with Gasteiger partial charge in [0.05, 0.1) is 13.2 Å². The second-order valence-corrected chi connectivity index (χ2v) is 8.93. The number of piperidine rings is 1. The maximum absolute atomic E-state index is 10.8. The number of benzene rings is 2. The van der Waals surface area contributed by atoms with E-state index in [9.17, 15) is 5.11 Å². The number of hydrogen-bond donors (Lipinski definition) is 1. The Morgan fingerprint density at radius 2 is 1.93 bits per heavy atom. The fraction of sp³-hybridized carbons (Fsp3) is 0.520. The summed E-state index contributed by atoms with van der Waals surface area (Å²) < 4.78 is 11.8. The van der Waals surface area contributed by atoms with E-state index in [1.807, 2.05) is 18.2 Å². The fourth-order valence-corrected chi connectivity index (χ4v) is 4.94. The molecule has 0 aliphatic carbocycles. The molecule has 4 rings (SSSR count). The summed E-state index contributed by atoms with van der Waals surface area (Å²) in [6, 6.07) is 14.8. The maximum atomic E-state index is 10.8. The maximum Gasteiger partial charge on any atom is 0.161 e. The molecule has 2 aliphatic rings. The van der Waals surface area contributed by atoms with Crippen molar-refractivity contribution in [3.63, 3.8) is 0 Å². The van der Waals surface area contributed by atoms with Crippen LogP contribution in [0.2, 0.25) is 0 Å². The van der Waals surface area contributed by atoms with E-state index in [2.05, 4.69) is 43.0 Å². The van der Waals surface area contributed by atoms with Gasteiger partial charge in [0.1, 0.15) is 6.61 Å². The summed E-state index contributed by atoms with van der Waals surface area (Å²) in [4.78, 5) is 2.56. The van der Waals surface area contributed by atoms with Crippen LogP contribution < -0.4 is 9.47 Å². The van der Waals surface area contributed by atoms with Gasteiger partial charge in [0.25, 0.3) is 0 Å². The van der Waals surface area contributed by atoms with Gasteiger partial charge in [-0.1, -0.05) is 44.2 Å². The summed E-state index contributed by atoms with van der Waals surface area (Å²) in [5.74, 6) is 2.58. The van der Waals surface area contributed by atoms with Gasteiger partial charge in [-0.25, -0.2) is 0 Å². The lowest BCUT2D eigenvalue weighted by atomic mass is 9.79. The molecule has 2 aromatic rings. The average molecular weight is 396 g/mol. The lowest BCUT2D eigenvalue weighted by Crippen LogP contribution is -2.48. The van der Waals surface area contributed by atoms with E-state index in [0.29, 0.717) is 18.4 Å². The average Bonchev–Trinajstić information content (AvgIpc) is 2.72. The Kier molecular flexibility index (Phi) is 6.12. The molecule has 4 heteroatoms. The van der Waals surface area contributed by atoms with Gasteiger partial charge >= 0.3 is 0 Å². The van der Waals surface area contributed by atoms with Crippen molar-refractivity contribution in [2.24, 2.45) is 11.8 Å². The SMILES string of the molecule is COc1cc2c(cc1OCc1ccccc1)CCN1C[C@@H](CC(C)C)[C@@H](O)C[C@H]21. The van der Waals surface area contributed by atoms with Gasteiger partial charge < -0.3 is 14.6 Å². The molecule has 3 atom stereocenters. The monoisotopic (exact) mass is 395 g/mol. The lowest BCUT2D eigenvalue weighted by Gasteiger charge is -2.46.